The third-order valence-corrected chi connectivity index (χ3v) is 2.54. The van der Waals surface area contributed by atoms with E-state index < -0.39 is 11.6 Å². The van der Waals surface area contributed by atoms with Gasteiger partial charge in [0.2, 0.25) is 0 Å². The number of nitrogens with zero attached hydrogens (tertiary/aromatic N) is 1. The van der Waals surface area contributed by atoms with Crippen LogP contribution >= 0.6 is 0 Å². The molecule has 0 radical (unpaired) electrons. The first kappa shape index (κ1) is 10.2. The second-order valence-electron chi connectivity index (χ2n) is 4.65. The molecule has 0 aromatic heterocycles. The molecule has 2 rings (SSSR count). The number of hydrogen-bond acceptors (Lipinski definition) is 2. The molecule has 1 aromatic rings. The molecule has 0 atom stereocenters. The molecule has 1 aliphatic heterocycles. The monoisotopic (exact) mass is 212 g/mol. The van der Waals surface area contributed by atoms with Crippen LogP contribution in [0.25, 0.3) is 0 Å². The Balaban J connectivity index is 2.55. The lowest BCUT2D eigenvalue weighted by molar-refractivity contribution is 0.527. The SMILES string of the molecule is CN1CC(C)(C)Nc2c(F)cc(F)cc21. The zero-order valence-corrected chi connectivity index (χ0v) is 9.06. The Labute approximate surface area is 87.9 Å². The normalized spacial score (nSPS) is 18.3. The predicted octanol–water partition coefficient (Wildman–Crippen LogP) is 2.61. The summed E-state index contributed by atoms with van der Waals surface area (Å²) in [6.45, 7) is 4.67. The van der Waals surface area contributed by atoms with E-state index in [9.17, 15) is 8.78 Å². The zero-order valence-electron chi connectivity index (χ0n) is 9.06. The Hall–Kier alpha value is -1.32. The van der Waals surface area contributed by atoms with Crippen LogP contribution < -0.4 is 10.2 Å². The van der Waals surface area contributed by atoms with Gasteiger partial charge in [-0.15, -0.1) is 0 Å². The smallest absolute Gasteiger partial charge is 0.151 e. The Morgan fingerprint density at radius 3 is 2.67 bits per heavy atom. The molecule has 1 heterocycles. The van der Waals surface area contributed by atoms with E-state index in [0.717, 1.165) is 6.07 Å². The van der Waals surface area contributed by atoms with Gasteiger partial charge in [0.15, 0.2) is 5.82 Å². The quantitative estimate of drug-likeness (QED) is 0.711. The average Bonchev–Trinajstić information content (AvgIpc) is 2.06. The second kappa shape index (κ2) is 3.08. The van der Waals surface area contributed by atoms with Crippen molar-refractivity contribution in [1.82, 2.24) is 0 Å². The molecule has 0 fully saturated rings. The average molecular weight is 212 g/mol. The van der Waals surface area contributed by atoms with E-state index in [1.807, 2.05) is 25.8 Å². The summed E-state index contributed by atoms with van der Waals surface area (Å²) in [6.07, 6.45) is 0. The van der Waals surface area contributed by atoms with Gasteiger partial charge < -0.3 is 10.2 Å². The van der Waals surface area contributed by atoms with Crippen LogP contribution in [0, 0.1) is 11.6 Å². The Bertz CT molecular complexity index is 402. The lowest BCUT2D eigenvalue weighted by Crippen LogP contribution is -2.47. The summed E-state index contributed by atoms with van der Waals surface area (Å²) in [5.74, 6) is -1.08. The highest BCUT2D eigenvalue weighted by Crippen LogP contribution is 2.36. The summed E-state index contributed by atoms with van der Waals surface area (Å²) < 4.78 is 26.5. The van der Waals surface area contributed by atoms with Gasteiger partial charge in [0.1, 0.15) is 5.82 Å². The second-order valence-corrected chi connectivity index (χ2v) is 4.65. The summed E-state index contributed by atoms with van der Waals surface area (Å²) in [7, 11) is 1.83. The third-order valence-electron chi connectivity index (χ3n) is 2.54. The van der Waals surface area contributed by atoms with Gasteiger partial charge in [-0.05, 0) is 19.9 Å². The number of rotatable bonds is 0. The minimum Gasteiger partial charge on any atom is -0.374 e. The van der Waals surface area contributed by atoms with Gasteiger partial charge in [-0.25, -0.2) is 8.78 Å². The van der Waals surface area contributed by atoms with Crippen molar-refractivity contribution in [2.45, 2.75) is 19.4 Å². The number of benzene rings is 1. The van der Waals surface area contributed by atoms with Gasteiger partial charge in [-0.2, -0.15) is 0 Å². The van der Waals surface area contributed by atoms with Gasteiger partial charge in [0, 0.05) is 25.2 Å². The van der Waals surface area contributed by atoms with Gasteiger partial charge in [0.25, 0.3) is 0 Å². The molecular weight excluding hydrogens is 198 g/mol. The van der Waals surface area contributed by atoms with Crippen LogP contribution in [-0.2, 0) is 0 Å². The topological polar surface area (TPSA) is 15.3 Å². The highest BCUT2D eigenvalue weighted by molar-refractivity contribution is 5.73. The Morgan fingerprint density at radius 2 is 2.00 bits per heavy atom. The maximum Gasteiger partial charge on any atom is 0.151 e. The third kappa shape index (κ3) is 1.76. The van der Waals surface area contributed by atoms with E-state index in [2.05, 4.69) is 5.32 Å². The molecule has 2 nitrogen and oxygen atoms in total. The number of halogens is 2. The van der Waals surface area contributed by atoms with Gasteiger partial charge >= 0.3 is 0 Å². The molecule has 15 heavy (non-hydrogen) atoms. The molecule has 1 aromatic carbocycles. The van der Waals surface area contributed by atoms with E-state index in [-0.39, 0.29) is 5.54 Å². The summed E-state index contributed by atoms with van der Waals surface area (Å²) in [4.78, 5) is 1.86. The minimum atomic E-state index is -0.542. The minimum absolute atomic E-state index is 0.208. The highest BCUT2D eigenvalue weighted by atomic mass is 19.1. The van der Waals surface area contributed by atoms with Crippen molar-refractivity contribution in [3.8, 4) is 0 Å². The molecule has 0 saturated carbocycles. The predicted molar refractivity (Wildman–Crippen MR) is 57.3 cm³/mol. The molecule has 82 valence electrons. The molecule has 4 heteroatoms. The molecule has 0 spiro atoms. The van der Waals surface area contributed by atoms with Crippen molar-refractivity contribution in [3.63, 3.8) is 0 Å². The number of anilines is 2. The van der Waals surface area contributed by atoms with Gasteiger partial charge in [-0.3, -0.25) is 0 Å². The summed E-state index contributed by atoms with van der Waals surface area (Å²) in [6, 6.07) is 2.25. The van der Waals surface area contributed by atoms with Crippen molar-refractivity contribution in [3.05, 3.63) is 23.8 Å². The number of nitrogens with one attached hydrogen (secondary N) is 1. The van der Waals surface area contributed by atoms with Crippen LogP contribution in [-0.4, -0.2) is 19.1 Å². The summed E-state index contributed by atoms with van der Waals surface area (Å²) >= 11 is 0. The van der Waals surface area contributed by atoms with Crippen molar-refractivity contribution in [2.24, 2.45) is 0 Å². The lowest BCUT2D eigenvalue weighted by atomic mass is 9.99. The van der Waals surface area contributed by atoms with E-state index in [0.29, 0.717) is 17.9 Å². The molecule has 0 amide bonds. The molecule has 0 bridgehead atoms. The molecular formula is C11H14F2N2. The maximum atomic E-state index is 13.5. The zero-order chi connectivity index (χ0) is 11.2. The molecule has 1 aliphatic rings. The van der Waals surface area contributed by atoms with E-state index >= 15 is 0 Å². The molecule has 1 N–H and O–H groups in total. The van der Waals surface area contributed by atoms with Crippen LogP contribution in [0.4, 0.5) is 20.2 Å². The Morgan fingerprint density at radius 1 is 1.33 bits per heavy atom. The van der Waals surface area contributed by atoms with Crippen LogP contribution in [0.2, 0.25) is 0 Å². The van der Waals surface area contributed by atoms with Crippen molar-refractivity contribution >= 4 is 11.4 Å². The van der Waals surface area contributed by atoms with Crippen LogP contribution in [0.1, 0.15) is 13.8 Å². The Kier molecular flexibility index (Phi) is 2.10. The first-order chi connectivity index (χ1) is 6.89. The standard InChI is InChI=1S/C11H14F2N2/c1-11(2)6-15(3)9-5-7(12)4-8(13)10(9)14-11/h4-5,14H,6H2,1-3H3. The summed E-state index contributed by atoms with van der Waals surface area (Å²) in [5, 5.41) is 3.08. The van der Waals surface area contributed by atoms with Gasteiger partial charge in [0.05, 0.1) is 11.4 Å². The van der Waals surface area contributed by atoms with Crippen LogP contribution in [0.3, 0.4) is 0 Å². The fourth-order valence-corrected chi connectivity index (χ4v) is 2.04. The first-order valence-corrected chi connectivity index (χ1v) is 4.87. The van der Waals surface area contributed by atoms with Crippen molar-refractivity contribution in [1.29, 1.82) is 0 Å². The van der Waals surface area contributed by atoms with E-state index in [1.165, 1.54) is 6.07 Å². The maximum absolute atomic E-state index is 13.5. The molecule has 0 aliphatic carbocycles. The highest BCUT2D eigenvalue weighted by Gasteiger charge is 2.29. The number of likely N-dealkylation sites (N-methyl/N-ethyl adjacent to an activating group) is 1. The number of hydrogen-bond donors (Lipinski definition) is 1. The largest absolute Gasteiger partial charge is 0.374 e. The van der Waals surface area contributed by atoms with Crippen LogP contribution in [0.5, 0.6) is 0 Å². The summed E-state index contributed by atoms with van der Waals surface area (Å²) in [5.41, 5.74) is 0.752. The fourth-order valence-electron chi connectivity index (χ4n) is 2.04. The van der Waals surface area contributed by atoms with Gasteiger partial charge in [-0.1, -0.05) is 0 Å². The molecule has 0 unspecified atom stereocenters. The van der Waals surface area contributed by atoms with Crippen LogP contribution in [0.15, 0.2) is 12.1 Å². The first-order valence-electron chi connectivity index (χ1n) is 4.87. The van der Waals surface area contributed by atoms with Crippen molar-refractivity contribution in [2.75, 3.05) is 23.8 Å². The fraction of sp³-hybridized carbons (Fsp3) is 0.455. The van der Waals surface area contributed by atoms with E-state index in [4.69, 9.17) is 0 Å². The van der Waals surface area contributed by atoms with Crippen molar-refractivity contribution < 1.29 is 8.78 Å². The molecule has 0 saturated heterocycles. The number of fused-ring (bicyclic) bond motifs is 1. The lowest BCUT2D eigenvalue weighted by Gasteiger charge is -2.40. The van der Waals surface area contributed by atoms with E-state index in [1.54, 1.807) is 0 Å².